The first-order valence-corrected chi connectivity index (χ1v) is 6.99. The van der Waals surface area contributed by atoms with Crippen molar-refractivity contribution in [2.24, 2.45) is 5.92 Å². The van der Waals surface area contributed by atoms with E-state index in [0.717, 1.165) is 42.8 Å². The van der Waals surface area contributed by atoms with Gasteiger partial charge in [-0.05, 0) is 46.8 Å². The van der Waals surface area contributed by atoms with Crippen LogP contribution in [0.4, 0.5) is 5.69 Å². The highest BCUT2D eigenvalue weighted by molar-refractivity contribution is 9.10. The Bertz CT molecular complexity index is 450. The van der Waals surface area contributed by atoms with Crippen molar-refractivity contribution in [2.45, 2.75) is 12.8 Å². The first kappa shape index (κ1) is 13.4. The van der Waals surface area contributed by atoms with Crippen molar-refractivity contribution in [3.63, 3.8) is 0 Å². The van der Waals surface area contributed by atoms with E-state index >= 15 is 0 Å². The van der Waals surface area contributed by atoms with Gasteiger partial charge in [0.2, 0.25) is 0 Å². The molecule has 0 aromatic heterocycles. The molecule has 1 saturated heterocycles. The molecule has 1 aliphatic heterocycles. The molecule has 3 nitrogen and oxygen atoms in total. The lowest BCUT2D eigenvalue weighted by molar-refractivity contribution is 0.0685. The summed E-state index contributed by atoms with van der Waals surface area (Å²) in [6.07, 6.45) is 2.22. The first-order chi connectivity index (χ1) is 8.72. The number of anilines is 1. The van der Waals surface area contributed by atoms with Gasteiger partial charge >= 0.3 is 0 Å². The number of nitrogens with zero attached hydrogens (tertiary/aromatic N) is 2. The Balaban J connectivity index is 2.11. The van der Waals surface area contributed by atoms with Crippen LogP contribution in [0.15, 0.2) is 22.7 Å². The Labute approximate surface area is 116 Å². The SMILES string of the molecule is CN(CC1CCOCC1)c1cccc(Br)c1C#N. The van der Waals surface area contributed by atoms with Crippen molar-refractivity contribution in [1.29, 1.82) is 5.26 Å². The maximum absolute atomic E-state index is 9.23. The van der Waals surface area contributed by atoms with Gasteiger partial charge in [-0.15, -0.1) is 0 Å². The van der Waals surface area contributed by atoms with Crippen molar-refractivity contribution in [3.8, 4) is 6.07 Å². The van der Waals surface area contributed by atoms with Crippen molar-refractivity contribution < 1.29 is 4.74 Å². The Kier molecular flexibility index (Phi) is 4.62. The predicted octanol–water partition coefficient (Wildman–Crippen LogP) is 3.18. The summed E-state index contributed by atoms with van der Waals surface area (Å²) in [5.74, 6) is 0.661. The van der Waals surface area contributed by atoms with E-state index in [4.69, 9.17) is 4.74 Å². The minimum absolute atomic E-state index is 0.661. The average Bonchev–Trinajstić information content (AvgIpc) is 2.39. The third kappa shape index (κ3) is 3.04. The van der Waals surface area contributed by atoms with Gasteiger partial charge in [-0.25, -0.2) is 0 Å². The molecule has 1 aromatic carbocycles. The highest BCUT2D eigenvalue weighted by atomic mass is 79.9. The first-order valence-electron chi connectivity index (χ1n) is 6.20. The van der Waals surface area contributed by atoms with Gasteiger partial charge in [0.15, 0.2) is 0 Å². The summed E-state index contributed by atoms with van der Waals surface area (Å²) in [4.78, 5) is 2.18. The molecule has 0 unspecified atom stereocenters. The van der Waals surface area contributed by atoms with E-state index in [-0.39, 0.29) is 0 Å². The highest BCUT2D eigenvalue weighted by Crippen LogP contribution is 2.28. The zero-order valence-corrected chi connectivity index (χ0v) is 12.1. The zero-order chi connectivity index (χ0) is 13.0. The second kappa shape index (κ2) is 6.21. The summed E-state index contributed by atoms with van der Waals surface area (Å²) in [7, 11) is 2.05. The molecule has 0 radical (unpaired) electrons. The number of nitriles is 1. The Hall–Kier alpha value is -1.05. The van der Waals surface area contributed by atoms with Gasteiger partial charge in [-0.3, -0.25) is 0 Å². The second-order valence-electron chi connectivity index (χ2n) is 4.68. The molecule has 96 valence electrons. The molecule has 0 bridgehead atoms. The fourth-order valence-corrected chi connectivity index (χ4v) is 2.80. The summed E-state index contributed by atoms with van der Waals surface area (Å²) in [5, 5.41) is 9.23. The monoisotopic (exact) mass is 308 g/mol. The van der Waals surface area contributed by atoms with E-state index in [2.05, 4.69) is 33.9 Å². The summed E-state index contributed by atoms with van der Waals surface area (Å²) >= 11 is 3.43. The standard InChI is InChI=1S/C14H17BrN2O/c1-17(10-11-5-7-18-8-6-11)14-4-2-3-13(15)12(14)9-16/h2-4,11H,5-8,10H2,1H3. The molecule has 1 heterocycles. The Morgan fingerprint density at radius 1 is 1.44 bits per heavy atom. The van der Waals surface area contributed by atoms with E-state index in [0.29, 0.717) is 11.5 Å². The molecule has 2 rings (SSSR count). The Morgan fingerprint density at radius 3 is 2.83 bits per heavy atom. The van der Waals surface area contributed by atoms with Crippen LogP contribution in [0.3, 0.4) is 0 Å². The highest BCUT2D eigenvalue weighted by Gasteiger charge is 2.18. The molecular weight excluding hydrogens is 292 g/mol. The van der Waals surface area contributed by atoms with Gasteiger partial charge in [0.25, 0.3) is 0 Å². The predicted molar refractivity (Wildman–Crippen MR) is 75.7 cm³/mol. The fraction of sp³-hybridized carbons (Fsp3) is 0.500. The molecule has 0 N–H and O–H groups in total. The van der Waals surface area contributed by atoms with Crippen LogP contribution < -0.4 is 4.90 Å². The molecule has 1 aliphatic rings. The van der Waals surface area contributed by atoms with Crippen molar-refractivity contribution in [2.75, 3.05) is 31.7 Å². The minimum atomic E-state index is 0.661. The number of benzene rings is 1. The maximum Gasteiger partial charge on any atom is 0.103 e. The minimum Gasteiger partial charge on any atom is -0.381 e. The smallest absolute Gasteiger partial charge is 0.103 e. The van der Waals surface area contributed by atoms with Crippen molar-refractivity contribution in [1.82, 2.24) is 0 Å². The molecule has 4 heteroatoms. The van der Waals surface area contributed by atoms with Gasteiger partial charge in [-0.1, -0.05) is 6.07 Å². The Morgan fingerprint density at radius 2 is 2.17 bits per heavy atom. The lowest BCUT2D eigenvalue weighted by atomic mass is 9.99. The van der Waals surface area contributed by atoms with Crippen molar-refractivity contribution >= 4 is 21.6 Å². The molecule has 1 fully saturated rings. The fourth-order valence-electron chi connectivity index (χ4n) is 2.36. The number of rotatable bonds is 3. The summed E-state index contributed by atoms with van der Waals surface area (Å²) in [6, 6.07) is 8.15. The molecule has 0 atom stereocenters. The van der Waals surface area contributed by atoms with Crippen LogP contribution in [0.1, 0.15) is 18.4 Å². The summed E-state index contributed by atoms with van der Waals surface area (Å²) in [5.41, 5.74) is 1.71. The quantitative estimate of drug-likeness (QED) is 0.860. The average molecular weight is 309 g/mol. The van der Waals surface area contributed by atoms with Crippen LogP contribution >= 0.6 is 15.9 Å². The molecule has 0 spiro atoms. The molecule has 18 heavy (non-hydrogen) atoms. The lowest BCUT2D eigenvalue weighted by Crippen LogP contribution is -2.30. The van der Waals surface area contributed by atoms with E-state index in [9.17, 15) is 5.26 Å². The van der Waals surface area contributed by atoms with E-state index < -0.39 is 0 Å². The van der Waals surface area contributed by atoms with Gasteiger partial charge < -0.3 is 9.64 Å². The van der Waals surface area contributed by atoms with Crippen LogP contribution in [-0.2, 0) is 4.74 Å². The largest absolute Gasteiger partial charge is 0.381 e. The zero-order valence-electron chi connectivity index (χ0n) is 10.5. The number of halogens is 1. The summed E-state index contributed by atoms with van der Waals surface area (Å²) in [6.45, 7) is 2.71. The van der Waals surface area contributed by atoms with Crippen LogP contribution in [0.25, 0.3) is 0 Å². The van der Waals surface area contributed by atoms with Gasteiger partial charge in [-0.2, -0.15) is 5.26 Å². The molecule has 0 amide bonds. The van der Waals surface area contributed by atoms with Crippen LogP contribution in [0.5, 0.6) is 0 Å². The number of hydrogen-bond donors (Lipinski definition) is 0. The molecule has 0 aliphatic carbocycles. The normalized spacial score (nSPS) is 16.3. The number of hydrogen-bond acceptors (Lipinski definition) is 3. The lowest BCUT2D eigenvalue weighted by Gasteiger charge is -2.29. The third-order valence-electron chi connectivity index (χ3n) is 3.39. The topological polar surface area (TPSA) is 36.3 Å². The van der Waals surface area contributed by atoms with Gasteiger partial charge in [0.05, 0.1) is 11.3 Å². The van der Waals surface area contributed by atoms with Gasteiger partial charge in [0, 0.05) is 31.3 Å². The second-order valence-corrected chi connectivity index (χ2v) is 5.54. The molecular formula is C14H17BrN2O. The maximum atomic E-state index is 9.23. The van der Waals surface area contributed by atoms with Crippen molar-refractivity contribution in [3.05, 3.63) is 28.2 Å². The summed E-state index contributed by atoms with van der Waals surface area (Å²) < 4.78 is 6.23. The van der Waals surface area contributed by atoms with Crippen LogP contribution in [0.2, 0.25) is 0 Å². The van der Waals surface area contributed by atoms with E-state index in [1.165, 1.54) is 0 Å². The van der Waals surface area contributed by atoms with E-state index in [1.807, 2.05) is 18.2 Å². The molecule has 1 aromatic rings. The van der Waals surface area contributed by atoms with E-state index in [1.54, 1.807) is 0 Å². The van der Waals surface area contributed by atoms with Crippen LogP contribution in [-0.4, -0.2) is 26.8 Å². The molecule has 0 saturated carbocycles. The number of ether oxygens (including phenoxy) is 1. The van der Waals surface area contributed by atoms with Gasteiger partial charge in [0.1, 0.15) is 6.07 Å². The van der Waals surface area contributed by atoms with Crippen LogP contribution in [0, 0.1) is 17.2 Å². The third-order valence-corrected chi connectivity index (χ3v) is 4.05.